The number of carboxylic acid groups (broad SMARTS) is 1. The highest BCUT2D eigenvalue weighted by Crippen LogP contribution is 2.16. The van der Waals surface area contributed by atoms with E-state index in [1.807, 2.05) is 0 Å². The van der Waals surface area contributed by atoms with E-state index in [9.17, 15) is 14.4 Å². The van der Waals surface area contributed by atoms with Crippen LogP contribution in [0.4, 0.5) is 5.69 Å². The van der Waals surface area contributed by atoms with Crippen LogP contribution in [0.5, 0.6) is 0 Å². The smallest absolute Gasteiger partial charge is 0.323 e. The Hall–Kier alpha value is -2.89. The Kier molecular flexibility index (Phi) is 4.18. The minimum absolute atomic E-state index is 0.156. The van der Waals surface area contributed by atoms with Gasteiger partial charge < -0.3 is 9.67 Å². The number of aryl methyl sites for hydroxylation is 1. The summed E-state index contributed by atoms with van der Waals surface area (Å²) in [6.07, 6.45) is 1.47. The third-order valence-corrected chi connectivity index (χ3v) is 2.96. The van der Waals surface area contributed by atoms with Crippen LogP contribution in [0, 0.1) is 0 Å². The molecule has 0 bridgehead atoms. The first-order valence-electron chi connectivity index (χ1n) is 6.24. The quantitative estimate of drug-likeness (QED) is 0.913. The summed E-state index contributed by atoms with van der Waals surface area (Å²) in [4.78, 5) is 36.2. The second kappa shape index (κ2) is 6.04. The van der Waals surface area contributed by atoms with E-state index in [0.29, 0.717) is 5.69 Å². The average molecular weight is 286 g/mol. The van der Waals surface area contributed by atoms with Gasteiger partial charge >= 0.3 is 5.97 Å². The van der Waals surface area contributed by atoms with Crippen molar-refractivity contribution in [2.45, 2.75) is 0 Å². The van der Waals surface area contributed by atoms with Crippen LogP contribution >= 0.6 is 0 Å². The van der Waals surface area contributed by atoms with Crippen LogP contribution in [0.3, 0.4) is 0 Å². The number of aromatic nitrogens is 1. The molecule has 2 rings (SSSR count). The summed E-state index contributed by atoms with van der Waals surface area (Å²) in [6, 6.07) is 11.2. The van der Waals surface area contributed by atoms with E-state index in [1.165, 1.54) is 22.9 Å². The number of amides is 1. The van der Waals surface area contributed by atoms with E-state index in [2.05, 4.69) is 0 Å². The van der Waals surface area contributed by atoms with Crippen LogP contribution in [0.25, 0.3) is 0 Å². The molecule has 0 spiro atoms. The molecule has 1 heterocycles. The molecule has 0 unspecified atom stereocenters. The van der Waals surface area contributed by atoms with Gasteiger partial charge in [0, 0.05) is 30.6 Å². The lowest BCUT2D eigenvalue weighted by atomic mass is 10.2. The number of carboxylic acids is 1. The van der Waals surface area contributed by atoms with E-state index in [-0.39, 0.29) is 11.1 Å². The maximum absolute atomic E-state index is 12.5. The molecule has 0 aliphatic heterocycles. The highest BCUT2D eigenvalue weighted by molar-refractivity contribution is 6.08. The van der Waals surface area contributed by atoms with E-state index in [1.54, 1.807) is 37.4 Å². The average Bonchev–Trinajstić information content (AvgIpc) is 2.47. The van der Waals surface area contributed by atoms with Gasteiger partial charge in [0.05, 0.1) is 0 Å². The zero-order valence-corrected chi connectivity index (χ0v) is 11.4. The number of para-hydroxylation sites is 1. The first-order chi connectivity index (χ1) is 9.99. The SMILES string of the molecule is Cn1ccc(C(=O)N(CC(=O)O)c2ccccc2)cc1=O. The van der Waals surface area contributed by atoms with Crippen molar-refractivity contribution < 1.29 is 14.7 Å². The van der Waals surface area contributed by atoms with Crippen molar-refractivity contribution in [1.82, 2.24) is 4.57 Å². The monoisotopic (exact) mass is 286 g/mol. The largest absolute Gasteiger partial charge is 0.480 e. The lowest BCUT2D eigenvalue weighted by Crippen LogP contribution is -2.36. The molecule has 108 valence electrons. The number of hydrogen-bond donors (Lipinski definition) is 1. The van der Waals surface area contributed by atoms with Crippen molar-refractivity contribution in [3.05, 3.63) is 64.6 Å². The number of rotatable bonds is 4. The fraction of sp³-hybridized carbons (Fsp3) is 0.133. The fourth-order valence-electron chi connectivity index (χ4n) is 1.86. The lowest BCUT2D eigenvalue weighted by molar-refractivity contribution is -0.135. The minimum atomic E-state index is -1.13. The molecule has 0 fully saturated rings. The summed E-state index contributed by atoms with van der Waals surface area (Å²) in [6.45, 7) is -0.474. The standard InChI is InChI=1S/C15H14N2O4/c1-16-8-7-11(9-13(16)18)15(21)17(10-14(19)20)12-5-3-2-4-6-12/h2-9H,10H2,1H3,(H,19,20). The summed E-state index contributed by atoms with van der Waals surface area (Å²) in [5.74, 6) is -1.66. The van der Waals surface area contributed by atoms with Gasteiger partial charge in [-0.2, -0.15) is 0 Å². The van der Waals surface area contributed by atoms with Gasteiger partial charge in [-0.3, -0.25) is 19.3 Å². The van der Waals surface area contributed by atoms with Crippen LogP contribution in [0.15, 0.2) is 53.5 Å². The molecule has 0 atom stereocenters. The zero-order chi connectivity index (χ0) is 15.4. The van der Waals surface area contributed by atoms with Gasteiger partial charge in [0.2, 0.25) is 0 Å². The summed E-state index contributed by atoms with van der Waals surface area (Å²) >= 11 is 0. The number of benzene rings is 1. The lowest BCUT2D eigenvalue weighted by Gasteiger charge is -2.20. The van der Waals surface area contributed by atoms with Gasteiger partial charge in [-0.05, 0) is 18.2 Å². The number of hydrogen-bond acceptors (Lipinski definition) is 3. The van der Waals surface area contributed by atoms with Crippen molar-refractivity contribution in [2.24, 2.45) is 7.05 Å². The number of carbonyl (C=O) groups is 2. The second-order valence-corrected chi connectivity index (χ2v) is 4.49. The van der Waals surface area contributed by atoms with Crippen LogP contribution in [-0.4, -0.2) is 28.1 Å². The highest BCUT2D eigenvalue weighted by Gasteiger charge is 2.20. The second-order valence-electron chi connectivity index (χ2n) is 4.49. The Balaban J connectivity index is 2.40. The molecule has 6 nitrogen and oxygen atoms in total. The fourth-order valence-corrected chi connectivity index (χ4v) is 1.86. The highest BCUT2D eigenvalue weighted by atomic mass is 16.4. The first-order valence-corrected chi connectivity index (χ1v) is 6.24. The Morgan fingerprint density at radius 3 is 2.43 bits per heavy atom. The maximum atomic E-state index is 12.5. The number of pyridine rings is 1. The molecule has 0 saturated carbocycles. The number of nitrogens with zero attached hydrogens (tertiary/aromatic N) is 2. The van der Waals surface area contributed by atoms with Crippen LogP contribution in [0.1, 0.15) is 10.4 Å². The van der Waals surface area contributed by atoms with Crippen LogP contribution < -0.4 is 10.5 Å². The number of carbonyl (C=O) groups excluding carboxylic acids is 1. The molecule has 1 aromatic carbocycles. The third-order valence-electron chi connectivity index (χ3n) is 2.96. The van der Waals surface area contributed by atoms with Crippen molar-refractivity contribution in [2.75, 3.05) is 11.4 Å². The molecule has 0 radical (unpaired) electrons. The summed E-state index contributed by atoms with van der Waals surface area (Å²) in [5.41, 5.74) is 0.290. The topological polar surface area (TPSA) is 79.6 Å². The maximum Gasteiger partial charge on any atom is 0.323 e. The Morgan fingerprint density at radius 1 is 1.19 bits per heavy atom. The number of aliphatic carboxylic acids is 1. The molecule has 2 aromatic rings. The van der Waals surface area contributed by atoms with Crippen LogP contribution in [0.2, 0.25) is 0 Å². The summed E-state index contributed by atoms with van der Waals surface area (Å²) < 4.78 is 1.33. The first kappa shape index (κ1) is 14.5. The molecule has 1 N–H and O–H groups in total. The minimum Gasteiger partial charge on any atom is -0.480 e. The summed E-state index contributed by atoms with van der Waals surface area (Å²) in [5, 5.41) is 8.98. The Morgan fingerprint density at radius 2 is 1.86 bits per heavy atom. The van der Waals surface area contributed by atoms with E-state index < -0.39 is 18.4 Å². The predicted octanol–water partition coefficient (Wildman–Crippen LogP) is 1.12. The van der Waals surface area contributed by atoms with Crippen molar-refractivity contribution in [1.29, 1.82) is 0 Å². The Labute approximate surface area is 120 Å². The molecule has 0 aliphatic carbocycles. The van der Waals surface area contributed by atoms with Crippen molar-refractivity contribution in [3.8, 4) is 0 Å². The van der Waals surface area contributed by atoms with Gasteiger partial charge in [0.25, 0.3) is 11.5 Å². The van der Waals surface area contributed by atoms with Gasteiger partial charge in [-0.1, -0.05) is 18.2 Å². The van der Waals surface area contributed by atoms with E-state index >= 15 is 0 Å². The molecule has 21 heavy (non-hydrogen) atoms. The van der Waals surface area contributed by atoms with Gasteiger partial charge in [-0.15, -0.1) is 0 Å². The molecule has 1 amide bonds. The normalized spacial score (nSPS) is 10.1. The Bertz CT molecular complexity index is 722. The molecule has 6 heteroatoms. The summed E-state index contributed by atoms with van der Waals surface area (Å²) in [7, 11) is 1.57. The third kappa shape index (κ3) is 3.36. The van der Waals surface area contributed by atoms with Crippen molar-refractivity contribution >= 4 is 17.6 Å². The van der Waals surface area contributed by atoms with Crippen LogP contribution in [-0.2, 0) is 11.8 Å². The van der Waals surface area contributed by atoms with E-state index in [0.717, 1.165) is 4.90 Å². The molecular weight excluding hydrogens is 272 g/mol. The van der Waals surface area contributed by atoms with Crippen molar-refractivity contribution in [3.63, 3.8) is 0 Å². The molecule has 0 saturated heterocycles. The van der Waals surface area contributed by atoms with Gasteiger partial charge in [0.1, 0.15) is 6.54 Å². The predicted molar refractivity (Wildman–Crippen MR) is 77.4 cm³/mol. The molecule has 1 aromatic heterocycles. The van der Waals surface area contributed by atoms with Gasteiger partial charge in [0.15, 0.2) is 0 Å². The number of anilines is 1. The zero-order valence-electron chi connectivity index (χ0n) is 11.4. The molecule has 0 aliphatic rings. The van der Waals surface area contributed by atoms with Gasteiger partial charge in [-0.25, -0.2) is 0 Å². The molecular formula is C15H14N2O4. The van der Waals surface area contributed by atoms with E-state index in [4.69, 9.17) is 5.11 Å².